The number of carbonyl (C=O) groups is 1. The Morgan fingerprint density at radius 2 is 2.00 bits per heavy atom. The van der Waals surface area contributed by atoms with Crippen LogP contribution in [0.15, 0.2) is 50.8 Å². The van der Waals surface area contributed by atoms with Gasteiger partial charge in [0.15, 0.2) is 6.61 Å². The van der Waals surface area contributed by atoms with Crippen LogP contribution in [-0.4, -0.2) is 39.5 Å². The lowest BCUT2D eigenvalue weighted by molar-refractivity contribution is -0.385. The second-order valence-corrected chi connectivity index (χ2v) is 10.0. The molecule has 0 unspecified atom stereocenters. The van der Waals surface area contributed by atoms with Crippen molar-refractivity contribution in [2.75, 3.05) is 6.61 Å². The molecule has 0 spiro atoms. The normalized spacial score (nSPS) is 14.4. The Morgan fingerprint density at radius 1 is 1.27 bits per heavy atom. The molecule has 37 heavy (non-hydrogen) atoms. The van der Waals surface area contributed by atoms with Crippen LogP contribution in [0.5, 0.6) is 5.75 Å². The molecule has 1 heterocycles. The number of hydrogen-bond acceptors (Lipinski definition) is 8. The van der Waals surface area contributed by atoms with Gasteiger partial charge in [0.25, 0.3) is 5.56 Å². The molecule has 10 nitrogen and oxygen atoms in total. The highest BCUT2D eigenvalue weighted by atomic mass is 79.9. The van der Waals surface area contributed by atoms with Gasteiger partial charge in [-0.3, -0.25) is 14.9 Å². The Labute approximate surface area is 221 Å². The minimum absolute atomic E-state index is 0.0709. The van der Waals surface area contributed by atoms with E-state index in [-0.39, 0.29) is 34.6 Å². The first-order valence-electron chi connectivity index (χ1n) is 12.1. The van der Waals surface area contributed by atoms with Gasteiger partial charge in [-0.1, -0.05) is 47.3 Å². The molecule has 0 bridgehead atoms. The van der Waals surface area contributed by atoms with Crippen molar-refractivity contribution in [3.8, 4) is 5.75 Å². The zero-order valence-corrected chi connectivity index (χ0v) is 22.1. The van der Waals surface area contributed by atoms with Crippen molar-refractivity contribution in [2.45, 2.75) is 58.0 Å². The number of nitro benzene ring substituents is 1. The lowest BCUT2D eigenvalue weighted by atomic mass is 9.88. The van der Waals surface area contributed by atoms with E-state index in [9.17, 15) is 19.7 Å². The van der Waals surface area contributed by atoms with Crippen molar-refractivity contribution < 1.29 is 19.2 Å². The van der Waals surface area contributed by atoms with E-state index in [1.165, 1.54) is 17.0 Å². The lowest BCUT2D eigenvalue weighted by Crippen LogP contribution is -2.25. The Hall–Kier alpha value is -3.60. The number of nitrogens with zero attached hydrogens (tertiary/aromatic N) is 4. The number of aromatic nitrogens is 2. The number of benzene rings is 2. The molecule has 11 heteroatoms. The molecule has 0 radical (unpaired) electrons. The fraction of sp³-hybridized carbons (Fsp3) is 0.385. The molecular weight excluding hydrogens is 544 g/mol. The van der Waals surface area contributed by atoms with Crippen LogP contribution < -0.4 is 10.3 Å². The summed E-state index contributed by atoms with van der Waals surface area (Å²) in [5.74, 6) is -0.183. The minimum Gasteiger partial charge on any atom is -0.474 e. The summed E-state index contributed by atoms with van der Waals surface area (Å²) in [5.41, 5.74) is 0.137. The highest BCUT2D eigenvalue weighted by Gasteiger charge is 2.24. The van der Waals surface area contributed by atoms with Crippen molar-refractivity contribution in [1.82, 2.24) is 9.66 Å². The molecule has 0 aliphatic heterocycles. The third-order valence-electron chi connectivity index (χ3n) is 6.02. The first-order valence-corrected chi connectivity index (χ1v) is 12.9. The molecule has 3 aromatic rings. The average Bonchev–Trinajstić information content (AvgIpc) is 2.87. The second kappa shape index (κ2) is 11.6. The SMILES string of the molecule is CC(C)OC(=O)COc1c(C=Nn2c(C3CCCCC3)nc3ccccc3c2=O)cc(Br)cc1[N+](=O)[O-]. The number of para-hydroxylation sites is 1. The van der Waals surface area contributed by atoms with E-state index in [0.29, 0.717) is 21.2 Å². The minimum atomic E-state index is -0.662. The maximum absolute atomic E-state index is 13.5. The van der Waals surface area contributed by atoms with Gasteiger partial charge < -0.3 is 9.47 Å². The molecule has 4 rings (SSSR count). The van der Waals surface area contributed by atoms with Crippen LogP contribution in [0, 0.1) is 10.1 Å². The van der Waals surface area contributed by atoms with Crippen LogP contribution in [0.1, 0.15) is 63.3 Å². The molecule has 194 valence electrons. The summed E-state index contributed by atoms with van der Waals surface area (Å²) >= 11 is 3.28. The van der Waals surface area contributed by atoms with E-state index >= 15 is 0 Å². The van der Waals surface area contributed by atoms with Gasteiger partial charge >= 0.3 is 11.7 Å². The Bertz CT molecular complexity index is 1410. The van der Waals surface area contributed by atoms with E-state index in [0.717, 1.165) is 32.1 Å². The molecule has 1 aliphatic carbocycles. The summed E-state index contributed by atoms with van der Waals surface area (Å²) in [4.78, 5) is 41.4. The third kappa shape index (κ3) is 6.22. The first kappa shape index (κ1) is 26.5. The van der Waals surface area contributed by atoms with Gasteiger partial charge in [0.1, 0.15) is 5.82 Å². The summed E-state index contributed by atoms with van der Waals surface area (Å²) in [5, 5.41) is 16.6. The van der Waals surface area contributed by atoms with Gasteiger partial charge in [0, 0.05) is 22.0 Å². The molecule has 0 N–H and O–H groups in total. The topological polar surface area (TPSA) is 126 Å². The second-order valence-electron chi connectivity index (χ2n) is 9.11. The zero-order chi connectivity index (χ0) is 26.5. The van der Waals surface area contributed by atoms with E-state index in [1.807, 2.05) is 6.07 Å². The fourth-order valence-electron chi connectivity index (χ4n) is 4.41. The van der Waals surface area contributed by atoms with Gasteiger partial charge in [-0.05, 0) is 44.9 Å². The monoisotopic (exact) mass is 570 g/mol. The molecule has 1 aromatic heterocycles. The summed E-state index contributed by atoms with van der Waals surface area (Å²) in [7, 11) is 0. The highest BCUT2D eigenvalue weighted by Crippen LogP contribution is 2.35. The standard InChI is InChI=1S/C26H27BrN4O6/c1-16(2)37-23(32)15-36-24-18(12-19(27)13-22(24)31(34)35)14-28-30-25(17-8-4-3-5-9-17)29-21-11-7-6-10-20(21)26(30)33/h6-7,10-14,16-17H,3-5,8-9,15H2,1-2H3. The first-order chi connectivity index (χ1) is 17.7. The van der Waals surface area contributed by atoms with Gasteiger partial charge in [0.2, 0.25) is 5.75 Å². The van der Waals surface area contributed by atoms with Crippen molar-refractivity contribution >= 4 is 44.7 Å². The lowest BCUT2D eigenvalue weighted by Gasteiger charge is -2.22. The van der Waals surface area contributed by atoms with Gasteiger partial charge in [-0.2, -0.15) is 9.78 Å². The molecule has 0 atom stereocenters. The highest BCUT2D eigenvalue weighted by molar-refractivity contribution is 9.10. The molecule has 2 aromatic carbocycles. The Kier molecular flexibility index (Phi) is 8.32. The Balaban J connectivity index is 1.80. The van der Waals surface area contributed by atoms with Gasteiger partial charge in [-0.15, -0.1) is 0 Å². The van der Waals surface area contributed by atoms with Crippen molar-refractivity contribution in [2.24, 2.45) is 5.10 Å². The molecular formula is C26H27BrN4O6. The predicted octanol–water partition coefficient (Wildman–Crippen LogP) is 5.33. The molecule has 0 saturated heterocycles. The number of rotatable bonds is 8. The summed E-state index contributed by atoms with van der Waals surface area (Å²) in [6.07, 6.45) is 5.98. The van der Waals surface area contributed by atoms with E-state index in [2.05, 4.69) is 21.0 Å². The maximum Gasteiger partial charge on any atom is 0.344 e. The predicted molar refractivity (Wildman–Crippen MR) is 142 cm³/mol. The number of carbonyl (C=O) groups excluding carboxylic acids is 1. The van der Waals surface area contributed by atoms with Crippen LogP contribution in [0.3, 0.4) is 0 Å². The number of halogens is 1. The third-order valence-corrected chi connectivity index (χ3v) is 6.48. The van der Waals surface area contributed by atoms with Gasteiger partial charge in [0.05, 0.1) is 28.1 Å². The van der Waals surface area contributed by atoms with E-state index in [4.69, 9.17) is 14.5 Å². The quantitative estimate of drug-likeness (QED) is 0.155. The Morgan fingerprint density at radius 3 is 2.70 bits per heavy atom. The van der Waals surface area contributed by atoms with Crippen LogP contribution in [-0.2, 0) is 9.53 Å². The fourth-order valence-corrected chi connectivity index (χ4v) is 4.88. The number of hydrogen-bond donors (Lipinski definition) is 0. The number of nitro groups is 1. The summed E-state index contributed by atoms with van der Waals surface area (Å²) < 4.78 is 12.3. The zero-order valence-electron chi connectivity index (χ0n) is 20.6. The smallest absolute Gasteiger partial charge is 0.344 e. The van der Waals surface area contributed by atoms with Crippen LogP contribution >= 0.6 is 15.9 Å². The molecule has 1 fully saturated rings. The van der Waals surface area contributed by atoms with Crippen LogP contribution in [0.4, 0.5) is 5.69 Å². The summed E-state index contributed by atoms with van der Waals surface area (Å²) in [6, 6.07) is 9.94. The van der Waals surface area contributed by atoms with Crippen LogP contribution in [0.2, 0.25) is 0 Å². The van der Waals surface area contributed by atoms with E-state index < -0.39 is 17.5 Å². The van der Waals surface area contributed by atoms with Gasteiger partial charge in [-0.25, -0.2) is 9.78 Å². The van der Waals surface area contributed by atoms with E-state index in [1.54, 1.807) is 38.1 Å². The molecule has 0 amide bonds. The average molecular weight is 571 g/mol. The van der Waals surface area contributed by atoms with Crippen LogP contribution in [0.25, 0.3) is 10.9 Å². The number of fused-ring (bicyclic) bond motifs is 1. The van der Waals surface area contributed by atoms with Crippen molar-refractivity contribution in [3.63, 3.8) is 0 Å². The number of ether oxygens (including phenoxy) is 2. The maximum atomic E-state index is 13.5. The number of esters is 1. The van der Waals surface area contributed by atoms with Crippen molar-refractivity contribution in [1.29, 1.82) is 0 Å². The molecule has 1 saturated carbocycles. The van der Waals surface area contributed by atoms with Crippen molar-refractivity contribution in [3.05, 3.63) is 72.7 Å². The molecule has 1 aliphatic rings. The summed E-state index contributed by atoms with van der Waals surface area (Å²) in [6.45, 7) is 2.86. The largest absolute Gasteiger partial charge is 0.474 e.